The molecule has 2 amide bonds. The summed E-state index contributed by atoms with van der Waals surface area (Å²) in [5.41, 5.74) is 1.09. The van der Waals surface area contributed by atoms with Gasteiger partial charge in [0.25, 0.3) is 10.0 Å². The van der Waals surface area contributed by atoms with E-state index in [0.717, 1.165) is 22.7 Å². The van der Waals surface area contributed by atoms with E-state index >= 15 is 0 Å². The van der Waals surface area contributed by atoms with Crippen molar-refractivity contribution in [1.29, 1.82) is 0 Å². The first kappa shape index (κ1) is 29.2. The average molecular weight is 556 g/mol. The number of nitrogens with one attached hydrogen (secondary N) is 1. The number of halogens is 1. The minimum Gasteiger partial charge on any atom is -0.354 e. The number of anilines is 1. The largest absolute Gasteiger partial charge is 0.354 e. The molecule has 1 N–H and O–H groups in total. The summed E-state index contributed by atoms with van der Waals surface area (Å²) in [6.07, 6.45) is 2.13. The molecule has 0 radical (unpaired) electrons. The van der Waals surface area contributed by atoms with E-state index < -0.39 is 28.5 Å². The Balaban J connectivity index is 2.01. The van der Waals surface area contributed by atoms with Gasteiger partial charge in [0.1, 0.15) is 12.6 Å². The second-order valence-electron chi connectivity index (χ2n) is 8.88. The third kappa shape index (κ3) is 7.58. The van der Waals surface area contributed by atoms with Crippen LogP contribution in [0.15, 0.2) is 89.8 Å². The Morgan fingerprint density at radius 2 is 1.58 bits per heavy atom. The van der Waals surface area contributed by atoms with Crippen LogP contribution in [-0.2, 0) is 26.2 Å². The van der Waals surface area contributed by atoms with Crippen molar-refractivity contribution in [3.05, 3.63) is 95.5 Å². The number of nitrogens with zero attached hydrogens (tertiary/aromatic N) is 2. The zero-order chi connectivity index (χ0) is 27.5. The molecule has 3 aromatic rings. The van der Waals surface area contributed by atoms with E-state index in [1.807, 2.05) is 44.2 Å². The lowest BCUT2D eigenvalue weighted by Gasteiger charge is -2.33. The lowest BCUT2D eigenvalue weighted by Crippen LogP contribution is -2.52. The fourth-order valence-electron chi connectivity index (χ4n) is 4.09. The van der Waals surface area contributed by atoms with Gasteiger partial charge in [-0.25, -0.2) is 8.42 Å². The van der Waals surface area contributed by atoms with Crippen LogP contribution in [0.4, 0.5) is 5.69 Å². The van der Waals surface area contributed by atoms with Gasteiger partial charge in [-0.15, -0.1) is 0 Å². The molecule has 0 aliphatic rings. The van der Waals surface area contributed by atoms with Crippen LogP contribution in [0.5, 0.6) is 0 Å². The molecular weight excluding hydrogens is 522 g/mol. The molecule has 0 heterocycles. The van der Waals surface area contributed by atoms with Crippen LogP contribution in [0, 0.1) is 0 Å². The van der Waals surface area contributed by atoms with Crippen molar-refractivity contribution < 1.29 is 18.0 Å². The summed E-state index contributed by atoms with van der Waals surface area (Å²) in [5.74, 6) is -0.753. The molecule has 3 rings (SSSR count). The SMILES string of the molecule is CCCCNC(=O)C(CC)N(Cc1ccccc1)C(=O)CN(c1cccc(Cl)c1)S(=O)(=O)c1ccccc1. The first-order valence-corrected chi connectivity index (χ1v) is 14.5. The van der Waals surface area contributed by atoms with Crippen molar-refractivity contribution >= 4 is 39.1 Å². The van der Waals surface area contributed by atoms with Gasteiger partial charge in [0.05, 0.1) is 10.6 Å². The van der Waals surface area contributed by atoms with Gasteiger partial charge in [0, 0.05) is 18.1 Å². The number of hydrogen-bond donors (Lipinski definition) is 1. The maximum absolute atomic E-state index is 13.9. The first-order chi connectivity index (χ1) is 18.3. The topological polar surface area (TPSA) is 86.8 Å². The smallest absolute Gasteiger partial charge is 0.264 e. The Kier molecular flexibility index (Phi) is 10.7. The average Bonchev–Trinajstić information content (AvgIpc) is 2.92. The number of unbranched alkanes of at least 4 members (excludes halogenated alkanes) is 1. The molecule has 0 fully saturated rings. The first-order valence-electron chi connectivity index (χ1n) is 12.7. The minimum atomic E-state index is -4.12. The highest BCUT2D eigenvalue weighted by Crippen LogP contribution is 2.27. The molecule has 0 spiro atoms. The Morgan fingerprint density at radius 1 is 0.921 bits per heavy atom. The summed E-state index contributed by atoms with van der Waals surface area (Å²) in [5, 5.41) is 3.26. The molecule has 9 heteroatoms. The quantitative estimate of drug-likeness (QED) is 0.291. The molecule has 202 valence electrons. The Labute approximate surface area is 230 Å². The Morgan fingerprint density at radius 3 is 2.18 bits per heavy atom. The molecule has 7 nitrogen and oxygen atoms in total. The van der Waals surface area contributed by atoms with Crippen molar-refractivity contribution in [2.24, 2.45) is 0 Å². The number of hydrogen-bond acceptors (Lipinski definition) is 4. The van der Waals surface area contributed by atoms with E-state index in [4.69, 9.17) is 11.6 Å². The molecule has 0 aliphatic carbocycles. The van der Waals surface area contributed by atoms with Crippen molar-refractivity contribution in [1.82, 2.24) is 10.2 Å². The molecular formula is C29H34ClN3O4S. The molecule has 0 aromatic heterocycles. The van der Waals surface area contributed by atoms with Crippen LogP contribution in [0.1, 0.15) is 38.7 Å². The van der Waals surface area contributed by atoms with Crippen LogP contribution < -0.4 is 9.62 Å². The van der Waals surface area contributed by atoms with E-state index in [2.05, 4.69) is 5.32 Å². The van der Waals surface area contributed by atoms with Crippen LogP contribution in [0.3, 0.4) is 0 Å². The van der Waals surface area contributed by atoms with E-state index in [1.54, 1.807) is 36.4 Å². The number of benzene rings is 3. The molecule has 0 saturated carbocycles. The van der Waals surface area contributed by atoms with Gasteiger partial charge in [0.15, 0.2) is 0 Å². The molecule has 0 aliphatic heterocycles. The van der Waals surface area contributed by atoms with Gasteiger partial charge >= 0.3 is 0 Å². The van der Waals surface area contributed by atoms with Crippen molar-refractivity contribution in [2.45, 2.75) is 50.6 Å². The highest BCUT2D eigenvalue weighted by Gasteiger charge is 2.33. The maximum atomic E-state index is 13.9. The van der Waals surface area contributed by atoms with Crippen LogP contribution in [0.25, 0.3) is 0 Å². The Bertz CT molecular complexity index is 1300. The van der Waals surface area contributed by atoms with Crippen LogP contribution in [0.2, 0.25) is 5.02 Å². The monoisotopic (exact) mass is 555 g/mol. The molecule has 1 atom stereocenters. The number of carbonyl (C=O) groups excluding carboxylic acids is 2. The zero-order valence-corrected chi connectivity index (χ0v) is 23.3. The summed E-state index contributed by atoms with van der Waals surface area (Å²) in [4.78, 5) is 28.6. The van der Waals surface area contributed by atoms with Crippen LogP contribution in [-0.4, -0.2) is 44.3 Å². The number of carbonyl (C=O) groups is 2. The summed E-state index contributed by atoms with van der Waals surface area (Å²) < 4.78 is 28.5. The highest BCUT2D eigenvalue weighted by molar-refractivity contribution is 7.92. The molecule has 0 bridgehead atoms. The fraction of sp³-hybridized carbons (Fsp3) is 0.310. The summed E-state index contributed by atoms with van der Waals surface area (Å²) in [7, 11) is -4.12. The third-order valence-electron chi connectivity index (χ3n) is 6.12. The minimum absolute atomic E-state index is 0.0479. The van der Waals surface area contributed by atoms with Gasteiger partial charge in [-0.3, -0.25) is 13.9 Å². The van der Waals surface area contributed by atoms with Crippen molar-refractivity contribution in [2.75, 3.05) is 17.4 Å². The standard InChI is InChI=1S/C29H34ClN3O4S/c1-3-5-19-31-29(35)27(4-2)32(21-23-13-8-6-9-14-23)28(34)22-33(25-16-12-15-24(30)20-25)38(36,37)26-17-10-7-11-18-26/h6-18,20,27H,3-5,19,21-22H2,1-2H3,(H,31,35). The number of rotatable bonds is 13. The van der Waals surface area contributed by atoms with Gasteiger partial charge in [-0.2, -0.15) is 0 Å². The second-order valence-corrected chi connectivity index (χ2v) is 11.2. The normalized spacial score (nSPS) is 12.0. The Hall–Kier alpha value is -3.36. The van der Waals surface area contributed by atoms with Gasteiger partial charge in [-0.05, 0) is 48.7 Å². The lowest BCUT2D eigenvalue weighted by atomic mass is 10.1. The lowest BCUT2D eigenvalue weighted by molar-refractivity contribution is -0.140. The fourth-order valence-corrected chi connectivity index (χ4v) is 5.70. The molecule has 1 unspecified atom stereocenters. The zero-order valence-electron chi connectivity index (χ0n) is 21.7. The predicted molar refractivity (Wildman–Crippen MR) is 151 cm³/mol. The van der Waals surface area contributed by atoms with Gasteiger partial charge in [-0.1, -0.05) is 86.5 Å². The summed E-state index contributed by atoms with van der Waals surface area (Å²) >= 11 is 6.20. The van der Waals surface area contributed by atoms with Gasteiger partial charge < -0.3 is 10.2 Å². The predicted octanol–water partition coefficient (Wildman–Crippen LogP) is 5.26. The molecule has 38 heavy (non-hydrogen) atoms. The van der Waals surface area contributed by atoms with Crippen molar-refractivity contribution in [3.63, 3.8) is 0 Å². The van der Waals surface area contributed by atoms with Crippen LogP contribution >= 0.6 is 11.6 Å². The highest BCUT2D eigenvalue weighted by atomic mass is 35.5. The van der Waals surface area contributed by atoms with Crippen molar-refractivity contribution in [3.8, 4) is 0 Å². The summed E-state index contributed by atoms with van der Waals surface area (Å²) in [6, 6.07) is 22.9. The third-order valence-corrected chi connectivity index (χ3v) is 8.14. The van der Waals surface area contributed by atoms with Gasteiger partial charge in [0.2, 0.25) is 11.8 Å². The molecule has 3 aromatic carbocycles. The molecule has 0 saturated heterocycles. The maximum Gasteiger partial charge on any atom is 0.264 e. The van der Waals surface area contributed by atoms with E-state index in [9.17, 15) is 18.0 Å². The van der Waals surface area contributed by atoms with E-state index in [0.29, 0.717) is 18.0 Å². The number of sulfonamides is 1. The summed E-state index contributed by atoms with van der Waals surface area (Å²) in [6.45, 7) is 4.05. The number of amides is 2. The second kappa shape index (κ2) is 14.0. The van der Waals surface area contributed by atoms with E-state index in [-0.39, 0.29) is 23.0 Å². The van der Waals surface area contributed by atoms with E-state index in [1.165, 1.54) is 23.1 Å².